The van der Waals surface area contributed by atoms with Gasteiger partial charge in [-0.25, -0.2) is 9.97 Å². The molecule has 0 spiro atoms. The van der Waals surface area contributed by atoms with E-state index < -0.39 is 6.61 Å². The highest BCUT2D eigenvalue weighted by Gasteiger charge is 2.27. The standard InChI is InChI=1S/C29H28N6O4/c30-16-21-15-20(3-6-25(21)39-23-8-10-35(17-23)26(37)18-36)24-7-9-31-29-27(24)32-28(33-29)19-1-4-22(5-2-19)34-11-13-38-14-12-34/h1-7,9,15,23,36H,8,10-14,17-18H2,(H,31,32,33)/t23-/m1/s1. The summed E-state index contributed by atoms with van der Waals surface area (Å²) in [7, 11) is 0. The molecule has 10 heteroatoms. The third-order valence-electron chi connectivity index (χ3n) is 7.25. The number of amides is 1. The van der Waals surface area contributed by atoms with Gasteiger partial charge in [-0.1, -0.05) is 6.07 Å². The highest BCUT2D eigenvalue weighted by atomic mass is 16.5. The fourth-order valence-corrected chi connectivity index (χ4v) is 5.16. The third kappa shape index (κ3) is 5.02. The maximum atomic E-state index is 11.8. The van der Waals surface area contributed by atoms with Crippen molar-refractivity contribution in [3.05, 3.63) is 60.3 Å². The Balaban J connectivity index is 1.24. The van der Waals surface area contributed by atoms with Crippen molar-refractivity contribution in [2.45, 2.75) is 12.5 Å². The molecule has 0 aliphatic carbocycles. The molecule has 2 aliphatic rings. The molecule has 2 fully saturated rings. The number of hydrogen-bond acceptors (Lipinski definition) is 8. The molecule has 0 radical (unpaired) electrons. The van der Waals surface area contributed by atoms with Crippen LogP contribution in [0.1, 0.15) is 12.0 Å². The van der Waals surface area contributed by atoms with Gasteiger partial charge in [0.15, 0.2) is 5.65 Å². The number of anilines is 1. The Labute approximate surface area is 225 Å². The molecular formula is C29H28N6O4. The van der Waals surface area contributed by atoms with Gasteiger partial charge in [-0.05, 0) is 48.0 Å². The lowest BCUT2D eigenvalue weighted by Crippen LogP contribution is -2.36. The molecule has 6 rings (SSSR count). The van der Waals surface area contributed by atoms with Crippen LogP contribution in [0.2, 0.25) is 0 Å². The van der Waals surface area contributed by atoms with Crippen LogP contribution < -0.4 is 9.64 Å². The number of aromatic nitrogens is 3. The molecule has 2 aliphatic heterocycles. The number of carbonyl (C=O) groups is 1. The van der Waals surface area contributed by atoms with Crippen LogP contribution in [-0.4, -0.2) is 83.0 Å². The summed E-state index contributed by atoms with van der Waals surface area (Å²) in [6, 6.07) is 18.0. The van der Waals surface area contributed by atoms with Gasteiger partial charge in [0.25, 0.3) is 0 Å². The first kappa shape index (κ1) is 24.9. The maximum absolute atomic E-state index is 11.8. The highest BCUT2D eigenvalue weighted by Crippen LogP contribution is 2.33. The Morgan fingerprint density at radius 1 is 1.13 bits per heavy atom. The molecule has 1 atom stereocenters. The Kier molecular flexibility index (Phi) is 6.84. The SMILES string of the molecule is N#Cc1cc(-c2ccnc3nc(-c4ccc(N5CCOCC5)cc4)[nH]c23)ccc1O[C@@H]1CCN(C(=O)CO)C1. The summed E-state index contributed by atoms with van der Waals surface area (Å²) in [5.74, 6) is 0.883. The predicted octanol–water partition coefficient (Wildman–Crippen LogP) is 2.97. The summed E-state index contributed by atoms with van der Waals surface area (Å²) in [5, 5.41) is 19.0. The zero-order valence-corrected chi connectivity index (χ0v) is 21.3. The van der Waals surface area contributed by atoms with Gasteiger partial charge in [-0.2, -0.15) is 5.26 Å². The fraction of sp³-hybridized carbons (Fsp3) is 0.310. The number of morpholine rings is 1. The van der Waals surface area contributed by atoms with Crippen LogP contribution in [0.25, 0.3) is 33.7 Å². The number of aliphatic hydroxyl groups is 1. The van der Waals surface area contributed by atoms with E-state index in [1.54, 1.807) is 23.2 Å². The van der Waals surface area contributed by atoms with E-state index in [9.17, 15) is 10.1 Å². The largest absolute Gasteiger partial charge is 0.487 e. The number of fused-ring (bicyclic) bond motifs is 1. The first-order valence-electron chi connectivity index (χ1n) is 13.0. The molecule has 4 aromatic rings. The number of nitrogens with zero attached hydrogens (tertiary/aromatic N) is 5. The smallest absolute Gasteiger partial charge is 0.248 e. The van der Waals surface area contributed by atoms with E-state index in [0.717, 1.165) is 60.0 Å². The van der Waals surface area contributed by atoms with Crippen LogP contribution in [-0.2, 0) is 9.53 Å². The van der Waals surface area contributed by atoms with Gasteiger partial charge < -0.3 is 29.4 Å². The molecule has 2 saturated heterocycles. The van der Waals surface area contributed by atoms with Gasteiger partial charge in [0.05, 0.1) is 30.8 Å². The number of rotatable bonds is 6. The maximum Gasteiger partial charge on any atom is 0.248 e. The second-order valence-electron chi connectivity index (χ2n) is 9.64. The summed E-state index contributed by atoms with van der Waals surface area (Å²) >= 11 is 0. The van der Waals surface area contributed by atoms with E-state index in [-0.39, 0.29) is 12.0 Å². The van der Waals surface area contributed by atoms with Gasteiger partial charge in [-0.3, -0.25) is 4.79 Å². The van der Waals surface area contributed by atoms with Crippen LogP contribution in [0.3, 0.4) is 0 Å². The fourth-order valence-electron chi connectivity index (χ4n) is 5.16. The molecule has 4 heterocycles. The molecule has 2 aromatic heterocycles. The highest BCUT2D eigenvalue weighted by molar-refractivity contribution is 5.92. The number of likely N-dealkylation sites (tertiary alicyclic amines) is 1. The normalized spacial score (nSPS) is 17.4. The van der Waals surface area contributed by atoms with Gasteiger partial charge >= 0.3 is 0 Å². The first-order valence-corrected chi connectivity index (χ1v) is 13.0. The molecule has 2 N–H and O–H groups in total. The van der Waals surface area contributed by atoms with Crippen molar-refractivity contribution in [2.75, 3.05) is 50.9 Å². The second kappa shape index (κ2) is 10.7. The molecule has 39 heavy (non-hydrogen) atoms. The van der Waals surface area contributed by atoms with E-state index >= 15 is 0 Å². The van der Waals surface area contributed by atoms with Crippen molar-refractivity contribution in [1.82, 2.24) is 19.9 Å². The van der Waals surface area contributed by atoms with Crippen LogP contribution in [0, 0.1) is 11.3 Å². The van der Waals surface area contributed by atoms with Crippen LogP contribution in [0.4, 0.5) is 5.69 Å². The molecule has 10 nitrogen and oxygen atoms in total. The topological polar surface area (TPSA) is 128 Å². The van der Waals surface area contributed by atoms with Crippen molar-refractivity contribution < 1.29 is 19.4 Å². The van der Waals surface area contributed by atoms with Crippen molar-refractivity contribution >= 4 is 22.8 Å². The number of nitriles is 1. The minimum Gasteiger partial charge on any atom is -0.487 e. The summed E-state index contributed by atoms with van der Waals surface area (Å²) in [6.45, 7) is 3.65. The van der Waals surface area contributed by atoms with Gasteiger partial charge in [0.1, 0.15) is 30.4 Å². The summed E-state index contributed by atoms with van der Waals surface area (Å²) < 4.78 is 11.5. The summed E-state index contributed by atoms with van der Waals surface area (Å²) in [4.78, 5) is 28.3. The lowest BCUT2D eigenvalue weighted by atomic mass is 10.0. The van der Waals surface area contributed by atoms with Crippen molar-refractivity contribution in [2.24, 2.45) is 0 Å². The first-order chi connectivity index (χ1) is 19.1. The number of aliphatic hydroxyl groups excluding tert-OH is 1. The number of pyridine rings is 1. The zero-order valence-electron chi connectivity index (χ0n) is 21.3. The van der Waals surface area contributed by atoms with Crippen LogP contribution in [0.5, 0.6) is 5.75 Å². The minimum absolute atomic E-state index is 0.226. The molecule has 0 saturated carbocycles. The third-order valence-corrected chi connectivity index (χ3v) is 7.25. The van der Waals surface area contributed by atoms with Crippen LogP contribution >= 0.6 is 0 Å². The van der Waals surface area contributed by atoms with Gasteiger partial charge in [0, 0.05) is 49.1 Å². The number of benzene rings is 2. The van der Waals surface area contributed by atoms with E-state index in [1.807, 2.05) is 12.1 Å². The Bertz CT molecular complexity index is 1540. The number of ether oxygens (including phenoxy) is 2. The van der Waals surface area contributed by atoms with Gasteiger partial charge in [-0.15, -0.1) is 0 Å². The van der Waals surface area contributed by atoms with E-state index in [0.29, 0.717) is 36.5 Å². The second-order valence-corrected chi connectivity index (χ2v) is 9.64. The molecule has 1 amide bonds. The number of nitrogens with one attached hydrogen (secondary N) is 1. The van der Waals surface area contributed by atoms with E-state index in [2.05, 4.69) is 45.2 Å². The molecule has 0 unspecified atom stereocenters. The van der Waals surface area contributed by atoms with Crippen LogP contribution in [0.15, 0.2) is 54.7 Å². The molecule has 2 aromatic carbocycles. The number of H-pyrrole nitrogens is 1. The summed E-state index contributed by atoms with van der Waals surface area (Å²) in [6.07, 6.45) is 2.13. The average molecular weight is 525 g/mol. The van der Waals surface area contributed by atoms with E-state index in [4.69, 9.17) is 19.6 Å². The lowest BCUT2D eigenvalue weighted by molar-refractivity contribution is -0.133. The molecular weight excluding hydrogens is 496 g/mol. The van der Waals surface area contributed by atoms with Crippen molar-refractivity contribution in [3.8, 4) is 34.3 Å². The van der Waals surface area contributed by atoms with Crippen molar-refractivity contribution in [1.29, 1.82) is 5.26 Å². The van der Waals surface area contributed by atoms with Gasteiger partial charge in [0.2, 0.25) is 5.91 Å². The number of aromatic amines is 1. The Hall–Kier alpha value is -4.46. The quantitative estimate of drug-likeness (QED) is 0.394. The Morgan fingerprint density at radius 2 is 1.92 bits per heavy atom. The summed E-state index contributed by atoms with van der Waals surface area (Å²) in [5.41, 5.74) is 5.63. The van der Waals surface area contributed by atoms with Crippen molar-refractivity contribution in [3.63, 3.8) is 0 Å². The number of hydrogen-bond donors (Lipinski definition) is 2. The molecule has 198 valence electrons. The Morgan fingerprint density at radius 3 is 2.69 bits per heavy atom. The number of imidazole rings is 1. The number of carbonyl (C=O) groups excluding carboxylic acids is 1. The van der Waals surface area contributed by atoms with E-state index in [1.165, 1.54) is 0 Å². The zero-order chi connectivity index (χ0) is 26.8. The monoisotopic (exact) mass is 524 g/mol. The lowest BCUT2D eigenvalue weighted by Gasteiger charge is -2.28. The minimum atomic E-state index is -0.514. The predicted molar refractivity (Wildman–Crippen MR) is 145 cm³/mol. The molecule has 0 bridgehead atoms. The average Bonchev–Trinajstić information content (AvgIpc) is 3.65.